The molecule has 5 rings (SSSR count). The van der Waals surface area contributed by atoms with Gasteiger partial charge in [0.15, 0.2) is 0 Å². The second-order valence-electron chi connectivity index (χ2n) is 26.3. The summed E-state index contributed by atoms with van der Waals surface area (Å²) in [6.45, 7) is 43.3. The van der Waals surface area contributed by atoms with Gasteiger partial charge in [-0.3, -0.25) is 29.0 Å². The molecule has 4 aromatic rings. The molecule has 0 spiro atoms. The Balaban J connectivity index is 1.40. The summed E-state index contributed by atoms with van der Waals surface area (Å²) < 4.78 is 32.5. The Kier molecular flexibility index (Phi) is 29.9. The van der Waals surface area contributed by atoms with Crippen molar-refractivity contribution in [1.29, 1.82) is 0 Å². The van der Waals surface area contributed by atoms with Gasteiger partial charge in [-0.05, 0) is 154 Å². The van der Waals surface area contributed by atoms with E-state index in [1.807, 2.05) is 12.4 Å². The zero-order valence-electron chi connectivity index (χ0n) is 55.1. The van der Waals surface area contributed by atoms with Gasteiger partial charge >= 0.3 is 0 Å². The van der Waals surface area contributed by atoms with Crippen LogP contribution in [0.2, 0.25) is 0 Å². The molecule has 14 nitrogen and oxygen atoms in total. The quantitative estimate of drug-likeness (QED) is 0.0750. The van der Waals surface area contributed by atoms with E-state index in [9.17, 15) is 0 Å². The summed E-state index contributed by atoms with van der Waals surface area (Å²) in [4.78, 5) is 14.8. The Labute approximate surface area is 500 Å². The summed E-state index contributed by atoms with van der Waals surface area (Å²) in [6.07, 6.45) is 14.2. The van der Waals surface area contributed by atoms with Gasteiger partial charge in [0.1, 0.15) is 0 Å². The maximum absolute atomic E-state index is 7.24. The van der Waals surface area contributed by atoms with E-state index in [1.54, 1.807) is 0 Å². The van der Waals surface area contributed by atoms with E-state index in [1.165, 1.54) is 33.6 Å². The number of ether oxygens (including phenoxy) is 4. The molecule has 2 aromatic heterocycles. The zero-order valence-corrected chi connectivity index (χ0v) is 55.1. The van der Waals surface area contributed by atoms with E-state index >= 15 is 0 Å². The van der Waals surface area contributed by atoms with Gasteiger partial charge in [-0.25, -0.2) is 0 Å². The normalized spacial score (nSPS) is 24.0. The van der Waals surface area contributed by atoms with Crippen LogP contribution < -0.4 is 9.80 Å². The topological polar surface area (TPSA) is 92.0 Å². The molecule has 0 saturated carbocycles. The lowest BCUT2D eigenvalue weighted by Gasteiger charge is -2.37. The van der Waals surface area contributed by atoms with Crippen molar-refractivity contribution >= 4 is 11.4 Å². The number of aromatic nitrogens is 4. The van der Waals surface area contributed by atoms with Crippen molar-refractivity contribution < 1.29 is 18.9 Å². The molecule has 1 fully saturated rings. The number of likely N-dealkylation sites (N-methyl/N-ethyl adjacent to an activating group) is 4. The van der Waals surface area contributed by atoms with Gasteiger partial charge in [-0.15, -0.1) is 0 Å². The third-order valence-corrected chi connectivity index (χ3v) is 16.9. The van der Waals surface area contributed by atoms with Gasteiger partial charge in [0.25, 0.3) is 0 Å². The Morgan fingerprint density at radius 1 is 0.427 bits per heavy atom. The fourth-order valence-electron chi connectivity index (χ4n) is 12.1. The summed E-state index contributed by atoms with van der Waals surface area (Å²) in [7, 11) is 9.13. The van der Waals surface area contributed by atoms with Crippen LogP contribution in [0.15, 0.2) is 73.3 Å². The molecular weight excluding hydrogens is 1020 g/mol. The lowest BCUT2D eigenvalue weighted by molar-refractivity contribution is -0.0536. The zero-order chi connectivity index (χ0) is 59.9. The van der Waals surface area contributed by atoms with E-state index in [4.69, 9.17) is 29.1 Å². The number of hydrogen-bond donors (Lipinski definition) is 0. The number of hydrogen-bond acceptors (Lipinski definition) is 12. The lowest BCUT2D eigenvalue weighted by atomic mass is 10.0. The average molecular weight is 1140 g/mol. The Morgan fingerprint density at radius 3 is 1.00 bits per heavy atom. The number of nitrogens with zero attached hydrogens (tertiary/aromatic N) is 10. The Hall–Kier alpha value is -3.86. The Morgan fingerprint density at radius 2 is 0.707 bits per heavy atom. The molecule has 1 aliphatic rings. The molecular formula is C68H118N10O4. The largest absolute Gasteiger partial charge is 0.376 e. The van der Waals surface area contributed by atoms with Gasteiger partial charge in [0.2, 0.25) is 0 Å². The summed E-state index contributed by atoms with van der Waals surface area (Å²) in [5, 5.41) is 9.42. The molecule has 8 atom stereocenters. The van der Waals surface area contributed by atoms with Crippen molar-refractivity contribution in [1.82, 2.24) is 39.2 Å². The molecule has 0 bridgehead atoms. The van der Waals surface area contributed by atoms with Crippen molar-refractivity contribution in [3.05, 3.63) is 95.6 Å². The Bertz CT molecular complexity index is 2120. The van der Waals surface area contributed by atoms with Crippen LogP contribution in [-0.4, -0.2) is 195 Å². The third kappa shape index (κ3) is 23.9. The maximum atomic E-state index is 7.24. The van der Waals surface area contributed by atoms with Crippen LogP contribution in [0.4, 0.5) is 11.4 Å². The number of anilines is 2. The average Bonchev–Trinajstić information content (AvgIpc) is 4.16. The standard InChI is InChI=1S/C68H118N10O4/c1-19-75(20-2)65-37-69-77(43-65)41-59-27-23-57(24-28-59)35-67-45-73(17)61(31-51(5)6)47-79-56(14)40-72(16)64(34-54(11)12)50-82-68(36-58-25-29-60(30-26-58)42-78-44-66(38-70-78)76(21-3)22-4)46-74(18)62(32-52(7)8)48-80-55(13)39-71(15)63(49-81-67)33-53(9)10/h23-30,37-38,43-44,51-56,61-64,67-68H,19-22,31-36,39-42,45-50H2,1-18H3/t55-,56-,61+,62+,63+,64+,67-,68-/m1/s1. The molecule has 1 saturated heterocycles. The van der Waals surface area contributed by atoms with E-state index in [-0.39, 0.29) is 48.6 Å². The van der Waals surface area contributed by atoms with Crippen LogP contribution in [0.1, 0.15) is 145 Å². The predicted molar refractivity (Wildman–Crippen MR) is 344 cm³/mol. The van der Waals surface area contributed by atoms with E-state index in [0.717, 1.165) is 104 Å². The summed E-state index contributed by atoms with van der Waals surface area (Å²) in [6, 6.07) is 19.3. The highest BCUT2D eigenvalue weighted by Crippen LogP contribution is 2.23. The molecule has 0 N–H and O–H groups in total. The molecule has 0 amide bonds. The van der Waals surface area contributed by atoms with Crippen molar-refractivity contribution in [2.45, 2.75) is 197 Å². The van der Waals surface area contributed by atoms with E-state index < -0.39 is 0 Å². The molecule has 82 heavy (non-hydrogen) atoms. The first-order valence-electron chi connectivity index (χ1n) is 32.1. The fourth-order valence-corrected chi connectivity index (χ4v) is 12.1. The van der Waals surface area contributed by atoms with Crippen LogP contribution in [0, 0.1) is 23.7 Å². The van der Waals surface area contributed by atoms with Crippen LogP contribution in [0.3, 0.4) is 0 Å². The van der Waals surface area contributed by atoms with Gasteiger partial charge in [-0.2, -0.15) is 10.2 Å². The van der Waals surface area contributed by atoms with Gasteiger partial charge in [-0.1, -0.05) is 104 Å². The minimum atomic E-state index is -0.00879. The van der Waals surface area contributed by atoms with Crippen LogP contribution >= 0.6 is 0 Å². The van der Waals surface area contributed by atoms with Crippen molar-refractivity contribution in [2.24, 2.45) is 23.7 Å². The minimum absolute atomic E-state index is 0.00879. The first-order valence-corrected chi connectivity index (χ1v) is 32.1. The highest BCUT2D eigenvalue weighted by Gasteiger charge is 2.29. The lowest BCUT2D eigenvalue weighted by Crippen LogP contribution is -2.47. The molecule has 0 radical (unpaired) electrons. The summed E-state index contributed by atoms with van der Waals surface area (Å²) >= 11 is 0. The summed E-state index contributed by atoms with van der Waals surface area (Å²) in [5.41, 5.74) is 7.41. The molecule has 464 valence electrons. The highest BCUT2D eigenvalue weighted by molar-refractivity contribution is 5.43. The fraction of sp³-hybridized carbons (Fsp3) is 0.735. The van der Waals surface area contributed by atoms with Gasteiger partial charge in [0.05, 0.1) is 87.7 Å². The first-order chi connectivity index (χ1) is 39.1. The maximum Gasteiger partial charge on any atom is 0.0752 e. The van der Waals surface area contributed by atoms with Crippen LogP contribution in [0.5, 0.6) is 0 Å². The third-order valence-electron chi connectivity index (χ3n) is 16.9. The molecule has 0 aliphatic carbocycles. The van der Waals surface area contributed by atoms with Gasteiger partial charge in [0, 0.05) is 88.9 Å². The van der Waals surface area contributed by atoms with Gasteiger partial charge < -0.3 is 28.7 Å². The molecule has 2 aromatic carbocycles. The van der Waals surface area contributed by atoms with Crippen molar-refractivity contribution in [3.8, 4) is 0 Å². The SMILES string of the molecule is CCN(CC)c1cnn(Cc2ccc(C[C@@H]3CN(C)[C@@H](CC(C)C)CO[C@H](C)CN(C)[C@@H](CC(C)C)CO[C@H](Cc4ccc(Cn5cc(N(CC)CC)cn5)cc4)CN(C)[C@@H](CC(C)C)CO[C@H](C)CN(C)[C@@H](CC(C)C)CO3)cc2)c1. The predicted octanol–water partition coefficient (Wildman–Crippen LogP) is 11.6. The first kappa shape index (κ1) is 68.9. The highest BCUT2D eigenvalue weighted by atomic mass is 16.5. The monoisotopic (exact) mass is 1140 g/mol. The molecule has 1 aliphatic heterocycles. The molecule has 14 heteroatoms. The second-order valence-corrected chi connectivity index (χ2v) is 26.3. The molecule has 3 heterocycles. The van der Waals surface area contributed by atoms with Crippen LogP contribution in [-0.2, 0) is 44.9 Å². The van der Waals surface area contributed by atoms with Crippen molar-refractivity contribution in [3.63, 3.8) is 0 Å². The van der Waals surface area contributed by atoms with Crippen molar-refractivity contribution in [2.75, 3.05) is 117 Å². The van der Waals surface area contributed by atoms with E-state index in [0.29, 0.717) is 50.1 Å². The van der Waals surface area contributed by atoms with E-state index in [2.05, 4.69) is 225 Å². The van der Waals surface area contributed by atoms with Crippen LogP contribution in [0.25, 0.3) is 0 Å². The number of benzene rings is 2. The smallest absolute Gasteiger partial charge is 0.0752 e. The molecule has 0 unspecified atom stereocenters. The minimum Gasteiger partial charge on any atom is -0.376 e. The number of rotatable bonds is 22. The second kappa shape index (κ2) is 35.6. The summed E-state index contributed by atoms with van der Waals surface area (Å²) in [5.74, 6) is 2.08.